The van der Waals surface area contributed by atoms with Gasteiger partial charge in [-0.25, -0.2) is 4.98 Å². The second-order valence-electron chi connectivity index (χ2n) is 8.09. The van der Waals surface area contributed by atoms with Gasteiger partial charge in [0.1, 0.15) is 0 Å². The Labute approximate surface area is 164 Å². The van der Waals surface area contributed by atoms with E-state index >= 15 is 0 Å². The van der Waals surface area contributed by atoms with Crippen molar-refractivity contribution in [1.29, 1.82) is 0 Å². The Balaban J connectivity index is 1.62. The molecular weight excluding hydrogens is 356 g/mol. The van der Waals surface area contributed by atoms with Gasteiger partial charge in [-0.3, -0.25) is 9.59 Å². The number of aryl methyl sites for hydroxylation is 1. The second kappa shape index (κ2) is 7.39. The van der Waals surface area contributed by atoms with Gasteiger partial charge >= 0.3 is 0 Å². The van der Waals surface area contributed by atoms with Crippen molar-refractivity contribution in [3.05, 3.63) is 53.7 Å². The van der Waals surface area contributed by atoms with Crippen LogP contribution in [0.4, 0.5) is 0 Å². The van der Waals surface area contributed by atoms with E-state index in [-0.39, 0.29) is 35.5 Å². The van der Waals surface area contributed by atoms with Crippen LogP contribution in [0.25, 0.3) is 0 Å². The van der Waals surface area contributed by atoms with Crippen LogP contribution in [-0.2, 0) is 4.79 Å². The second-order valence-corrected chi connectivity index (χ2v) is 8.09. The number of oxazole rings is 1. The molecule has 1 aromatic carbocycles. The molecule has 0 aliphatic carbocycles. The number of fused-ring (bicyclic) bond motifs is 1. The lowest BCUT2D eigenvalue weighted by atomic mass is 9.87. The van der Waals surface area contributed by atoms with Crippen LogP contribution in [0.5, 0.6) is 0 Å². The van der Waals surface area contributed by atoms with E-state index in [1.165, 1.54) is 23.7 Å². The van der Waals surface area contributed by atoms with Crippen LogP contribution >= 0.6 is 0 Å². The molecule has 2 aliphatic heterocycles. The average molecular weight is 382 g/mol. The van der Waals surface area contributed by atoms with Crippen molar-refractivity contribution in [2.75, 3.05) is 40.3 Å². The summed E-state index contributed by atoms with van der Waals surface area (Å²) in [4.78, 5) is 35.3. The summed E-state index contributed by atoms with van der Waals surface area (Å²) < 4.78 is 5.19. The normalized spacial score (nSPS) is 24.1. The highest BCUT2D eigenvalue weighted by atomic mass is 16.3. The fourth-order valence-electron chi connectivity index (χ4n) is 4.62. The van der Waals surface area contributed by atoms with Gasteiger partial charge in [-0.05, 0) is 32.1 Å². The summed E-state index contributed by atoms with van der Waals surface area (Å²) in [5.41, 5.74) is 2.35. The Bertz CT molecular complexity index is 864. The van der Waals surface area contributed by atoms with Gasteiger partial charge in [-0.15, -0.1) is 0 Å². The predicted octanol–water partition coefficient (Wildman–Crippen LogP) is 1.82. The summed E-state index contributed by atoms with van der Waals surface area (Å²) in [5, 5.41) is 0. The molecule has 2 fully saturated rings. The first-order valence-electron chi connectivity index (χ1n) is 9.63. The smallest absolute Gasteiger partial charge is 0.291 e. The van der Waals surface area contributed by atoms with E-state index in [0.29, 0.717) is 26.2 Å². The molecule has 2 aliphatic rings. The van der Waals surface area contributed by atoms with Gasteiger partial charge in [-0.2, -0.15) is 0 Å². The van der Waals surface area contributed by atoms with Crippen LogP contribution in [0.1, 0.15) is 27.7 Å². The van der Waals surface area contributed by atoms with Gasteiger partial charge in [0.25, 0.3) is 5.91 Å². The van der Waals surface area contributed by atoms with E-state index in [1.54, 1.807) is 0 Å². The van der Waals surface area contributed by atoms with Gasteiger partial charge < -0.3 is 19.1 Å². The summed E-state index contributed by atoms with van der Waals surface area (Å²) in [6, 6.07) is 8.23. The molecule has 148 valence electrons. The number of amides is 2. The molecule has 0 N–H and O–H groups in total. The molecule has 28 heavy (non-hydrogen) atoms. The van der Waals surface area contributed by atoms with E-state index in [0.717, 1.165) is 0 Å². The number of nitrogens with zero attached hydrogens (tertiary/aromatic N) is 4. The van der Waals surface area contributed by atoms with Crippen molar-refractivity contribution < 1.29 is 14.0 Å². The third kappa shape index (κ3) is 3.30. The van der Waals surface area contributed by atoms with Gasteiger partial charge in [0.2, 0.25) is 11.7 Å². The summed E-state index contributed by atoms with van der Waals surface area (Å²) in [5.74, 6) is 0.775. The van der Waals surface area contributed by atoms with Crippen LogP contribution in [-0.4, -0.2) is 71.8 Å². The molecule has 2 aromatic rings. The molecule has 0 saturated carbocycles. The highest BCUT2D eigenvalue weighted by Gasteiger charge is 2.50. The molecule has 7 nitrogen and oxygen atoms in total. The number of likely N-dealkylation sites (tertiary alicyclic amines) is 2. The molecule has 3 atom stereocenters. The third-order valence-electron chi connectivity index (χ3n) is 5.87. The van der Waals surface area contributed by atoms with E-state index in [1.807, 2.05) is 40.9 Å². The number of aromatic nitrogens is 1. The maximum Gasteiger partial charge on any atom is 0.291 e. The quantitative estimate of drug-likeness (QED) is 0.807. The van der Waals surface area contributed by atoms with Crippen LogP contribution in [0.3, 0.4) is 0 Å². The highest BCUT2D eigenvalue weighted by molar-refractivity contribution is 5.91. The molecular formula is C21H26N4O3. The van der Waals surface area contributed by atoms with Crippen molar-refractivity contribution >= 4 is 11.8 Å². The first-order chi connectivity index (χ1) is 13.5. The lowest BCUT2D eigenvalue weighted by Crippen LogP contribution is -2.41. The number of benzene rings is 1. The van der Waals surface area contributed by atoms with E-state index in [4.69, 9.17) is 4.42 Å². The molecule has 7 heteroatoms. The zero-order valence-electron chi connectivity index (χ0n) is 16.5. The minimum Gasteiger partial charge on any atom is -0.438 e. The number of rotatable bonds is 4. The van der Waals surface area contributed by atoms with E-state index in [9.17, 15) is 9.59 Å². The maximum absolute atomic E-state index is 13.0. The zero-order chi connectivity index (χ0) is 19.8. The molecule has 0 radical (unpaired) electrons. The van der Waals surface area contributed by atoms with Crippen molar-refractivity contribution in [1.82, 2.24) is 19.7 Å². The monoisotopic (exact) mass is 382 g/mol. The number of hydrogen-bond donors (Lipinski definition) is 0. The molecule has 4 rings (SSSR count). The Morgan fingerprint density at radius 1 is 1.21 bits per heavy atom. The molecule has 0 unspecified atom stereocenters. The first kappa shape index (κ1) is 18.7. The third-order valence-corrected chi connectivity index (χ3v) is 5.87. The Kier molecular flexibility index (Phi) is 4.93. The lowest BCUT2D eigenvalue weighted by molar-refractivity contribution is -0.133. The molecule has 0 spiro atoms. The van der Waals surface area contributed by atoms with Crippen molar-refractivity contribution in [2.45, 2.75) is 13.0 Å². The van der Waals surface area contributed by atoms with Gasteiger partial charge in [-0.1, -0.05) is 24.3 Å². The summed E-state index contributed by atoms with van der Waals surface area (Å²) in [6.45, 7) is 4.41. The molecule has 1 aromatic heterocycles. The number of carbonyl (C=O) groups is 2. The molecule has 2 saturated heterocycles. The maximum atomic E-state index is 13.0. The first-order valence-corrected chi connectivity index (χ1v) is 9.63. The van der Waals surface area contributed by atoms with E-state index < -0.39 is 0 Å². The number of hydrogen-bond acceptors (Lipinski definition) is 5. The summed E-state index contributed by atoms with van der Waals surface area (Å²) in [7, 11) is 3.82. The lowest BCUT2D eigenvalue weighted by Gasteiger charge is -2.31. The minimum atomic E-state index is -0.124. The van der Waals surface area contributed by atoms with Gasteiger partial charge in [0.15, 0.2) is 6.39 Å². The summed E-state index contributed by atoms with van der Waals surface area (Å²) >= 11 is 0. The van der Waals surface area contributed by atoms with E-state index in [2.05, 4.69) is 24.0 Å². The van der Waals surface area contributed by atoms with Gasteiger partial charge in [0.05, 0.1) is 18.8 Å². The van der Waals surface area contributed by atoms with Crippen molar-refractivity contribution in [3.63, 3.8) is 0 Å². The SMILES string of the molecule is Cc1ccccc1[C@H]1[C@@H]2CN(C(=O)c3cnco3)C[C@@H]2CN1C(=O)CN(C)C. The van der Waals surface area contributed by atoms with Crippen LogP contribution in [0, 0.1) is 18.8 Å². The van der Waals surface area contributed by atoms with Crippen LogP contribution in [0.15, 0.2) is 41.3 Å². The van der Waals surface area contributed by atoms with Crippen LogP contribution < -0.4 is 0 Å². The molecule has 0 bridgehead atoms. The number of carbonyl (C=O) groups excluding carboxylic acids is 2. The van der Waals surface area contributed by atoms with Crippen LogP contribution in [0.2, 0.25) is 0 Å². The Morgan fingerprint density at radius 2 is 2.00 bits per heavy atom. The predicted molar refractivity (Wildman–Crippen MR) is 104 cm³/mol. The molecule has 2 amide bonds. The minimum absolute atomic E-state index is 0.00817. The van der Waals surface area contributed by atoms with Gasteiger partial charge in [0, 0.05) is 31.5 Å². The topological polar surface area (TPSA) is 69.9 Å². The fourth-order valence-corrected chi connectivity index (χ4v) is 4.62. The standard InChI is InChI=1S/C21H26N4O3/c1-14-6-4-5-7-16(14)20-17-11-24(21(27)18-8-22-13-28-18)9-15(17)10-25(20)19(26)12-23(2)3/h4-8,13,15,17,20H,9-12H2,1-3H3/t15-,17-,20+/m1/s1. The van der Waals surface area contributed by atoms with Crippen molar-refractivity contribution in [2.24, 2.45) is 11.8 Å². The Hall–Kier alpha value is -2.67. The average Bonchev–Trinajstić information content (AvgIpc) is 3.37. The number of likely N-dealkylation sites (N-methyl/N-ethyl adjacent to an activating group) is 1. The molecule has 3 heterocycles. The largest absolute Gasteiger partial charge is 0.438 e. The highest BCUT2D eigenvalue weighted by Crippen LogP contribution is 2.46. The zero-order valence-corrected chi connectivity index (χ0v) is 16.5. The van der Waals surface area contributed by atoms with Crippen molar-refractivity contribution in [3.8, 4) is 0 Å². The Morgan fingerprint density at radius 3 is 2.68 bits per heavy atom. The summed E-state index contributed by atoms with van der Waals surface area (Å²) in [6.07, 6.45) is 2.74. The fraction of sp³-hybridized carbons (Fsp3) is 0.476.